The number of rotatable bonds is 7. The van der Waals surface area contributed by atoms with Crippen LogP contribution in [0.5, 0.6) is 5.75 Å². The highest BCUT2D eigenvalue weighted by atomic mass is 16.5. The minimum absolute atomic E-state index is 0.0878. The topological polar surface area (TPSA) is 50.6 Å². The number of aryl methyl sites for hydroxylation is 1. The Balaban J connectivity index is 1.16. The molecular formula is C27H34N4O2. The van der Waals surface area contributed by atoms with Crippen molar-refractivity contribution in [3.05, 3.63) is 60.0 Å². The van der Waals surface area contributed by atoms with E-state index in [-0.39, 0.29) is 5.91 Å². The minimum Gasteiger partial charge on any atom is -0.494 e. The van der Waals surface area contributed by atoms with Gasteiger partial charge in [-0.1, -0.05) is 0 Å². The van der Waals surface area contributed by atoms with Crippen LogP contribution in [0, 0.1) is 6.92 Å². The average molecular weight is 447 g/mol. The summed E-state index contributed by atoms with van der Waals surface area (Å²) in [4.78, 5) is 21.6. The summed E-state index contributed by atoms with van der Waals surface area (Å²) < 4.78 is 8.41. The molecule has 2 aliphatic rings. The maximum Gasteiger partial charge on any atom is 0.255 e. The number of amides is 1. The molecule has 6 nitrogen and oxygen atoms in total. The predicted molar refractivity (Wildman–Crippen MR) is 131 cm³/mol. The summed E-state index contributed by atoms with van der Waals surface area (Å²) in [7, 11) is 0. The van der Waals surface area contributed by atoms with Crippen LogP contribution in [0.2, 0.25) is 0 Å². The molecule has 1 aromatic carbocycles. The van der Waals surface area contributed by atoms with Crippen LogP contribution in [0.1, 0.15) is 54.2 Å². The highest BCUT2D eigenvalue weighted by Gasteiger charge is 2.25. The highest BCUT2D eigenvalue weighted by Crippen LogP contribution is 2.30. The molecular weight excluding hydrogens is 412 g/mol. The zero-order valence-corrected chi connectivity index (χ0v) is 19.6. The fraction of sp³-hybridized carbons (Fsp3) is 0.481. The molecule has 2 aromatic heterocycles. The molecule has 4 heterocycles. The Kier molecular flexibility index (Phi) is 6.63. The quantitative estimate of drug-likeness (QED) is 0.494. The maximum atomic E-state index is 12.8. The number of likely N-dealkylation sites (tertiary alicyclic amines) is 2. The van der Waals surface area contributed by atoms with Crippen molar-refractivity contribution in [2.75, 3.05) is 39.3 Å². The van der Waals surface area contributed by atoms with Crippen LogP contribution >= 0.6 is 0 Å². The van der Waals surface area contributed by atoms with Gasteiger partial charge in [-0.2, -0.15) is 0 Å². The van der Waals surface area contributed by atoms with E-state index in [0.29, 0.717) is 11.6 Å². The minimum atomic E-state index is 0.0878. The zero-order valence-electron chi connectivity index (χ0n) is 19.6. The first kappa shape index (κ1) is 22.0. The van der Waals surface area contributed by atoms with Gasteiger partial charge in [0.05, 0.1) is 12.2 Å². The van der Waals surface area contributed by atoms with Crippen molar-refractivity contribution >= 4 is 16.8 Å². The molecule has 2 aliphatic heterocycles. The number of benzene rings is 1. The summed E-state index contributed by atoms with van der Waals surface area (Å²) in [5, 5.41) is 1.22. The number of aromatic nitrogens is 2. The van der Waals surface area contributed by atoms with Gasteiger partial charge in [0.2, 0.25) is 0 Å². The van der Waals surface area contributed by atoms with Gasteiger partial charge in [0, 0.05) is 54.7 Å². The third-order valence-corrected chi connectivity index (χ3v) is 7.08. The summed E-state index contributed by atoms with van der Waals surface area (Å²) in [5.74, 6) is 1.04. The van der Waals surface area contributed by atoms with Crippen molar-refractivity contribution < 1.29 is 9.53 Å². The normalized spacial score (nSPS) is 17.7. The van der Waals surface area contributed by atoms with Crippen molar-refractivity contribution in [3.63, 3.8) is 0 Å². The fourth-order valence-corrected chi connectivity index (χ4v) is 5.16. The van der Waals surface area contributed by atoms with E-state index >= 15 is 0 Å². The molecule has 0 saturated carbocycles. The molecule has 1 amide bonds. The number of ether oxygens (including phenoxy) is 1. The van der Waals surface area contributed by atoms with Crippen LogP contribution in [0.3, 0.4) is 0 Å². The number of piperidine rings is 1. The predicted octanol–water partition coefficient (Wildman–Crippen LogP) is 4.69. The van der Waals surface area contributed by atoms with Crippen molar-refractivity contribution in [1.29, 1.82) is 0 Å². The van der Waals surface area contributed by atoms with E-state index < -0.39 is 0 Å². The van der Waals surface area contributed by atoms with Gasteiger partial charge >= 0.3 is 0 Å². The van der Waals surface area contributed by atoms with Gasteiger partial charge in [-0.05, 0) is 88.5 Å². The average Bonchev–Trinajstić information content (AvgIpc) is 3.52. The molecule has 0 atom stereocenters. The van der Waals surface area contributed by atoms with Crippen molar-refractivity contribution in [2.24, 2.45) is 0 Å². The zero-order chi connectivity index (χ0) is 22.6. The van der Waals surface area contributed by atoms with Crippen LogP contribution in [0.15, 0.2) is 48.8 Å². The molecule has 0 N–H and O–H groups in total. The number of carbonyl (C=O) groups excluding carboxylic acids is 1. The van der Waals surface area contributed by atoms with E-state index in [1.165, 1.54) is 36.8 Å². The van der Waals surface area contributed by atoms with Gasteiger partial charge in [-0.3, -0.25) is 9.78 Å². The molecule has 2 saturated heterocycles. The smallest absolute Gasteiger partial charge is 0.255 e. The second-order valence-corrected chi connectivity index (χ2v) is 9.41. The molecule has 33 heavy (non-hydrogen) atoms. The summed E-state index contributed by atoms with van der Waals surface area (Å²) in [6, 6.07) is 12.8. The summed E-state index contributed by atoms with van der Waals surface area (Å²) in [6.45, 7) is 7.88. The highest BCUT2D eigenvalue weighted by molar-refractivity contribution is 5.94. The van der Waals surface area contributed by atoms with Crippen LogP contribution in [0.25, 0.3) is 10.9 Å². The molecule has 5 rings (SSSR count). The fourth-order valence-electron chi connectivity index (χ4n) is 5.16. The Morgan fingerprint density at radius 3 is 2.64 bits per heavy atom. The summed E-state index contributed by atoms with van der Waals surface area (Å²) >= 11 is 0. The Bertz CT molecular complexity index is 1080. The Hall–Kier alpha value is -2.86. The molecule has 0 radical (unpaired) electrons. The molecule has 2 fully saturated rings. The second-order valence-electron chi connectivity index (χ2n) is 9.41. The number of nitrogens with zero attached hydrogens (tertiary/aromatic N) is 4. The van der Waals surface area contributed by atoms with Gasteiger partial charge in [-0.25, -0.2) is 0 Å². The lowest BCUT2D eigenvalue weighted by Crippen LogP contribution is -2.39. The Morgan fingerprint density at radius 1 is 1.06 bits per heavy atom. The lowest BCUT2D eigenvalue weighted by atomic mass is 10.0. The molecule has 0 bridgehead atoms. The summed E-state index contributed by atoms with van der Waals surface area (Å²) in [6.07, 6.45) is 9.56. The largest absolute Gasteiger partial charge is 0.494 e. The van der Waals surface area contributed by atoms with Gasteiger partial charge in [0.15, 0.2) is 0 Å². The van der Waals surface area contributed by atoms with Crippen LogP contribution in [0.4, 0.5) is 0 Å². The first-order valence-electron chi connectivity index (χ1n) is 12.3. The molecule has 174 valence electrons. The van der Waals surface area contributed by atoms with E-state index in [1.807, 2.05) is 24.0 Å². The van der Waals surface area contributed by atoms with Gasteiger partial charge in [0.25, 0.3) is 5.91 Å². The first-order chi connectivity index (χ1) is 16.2. The summed E-state index contributed by atoms with van der Waals surface area (Å²) in [5.41, 5.74) is 2.85. The standard InChI is InChI=1S/C27H34N4O2/c1-21-5-6-23(20-28-21)27(32)30-15-10-24(11-16-30)31-17-9-22-19-25(7-8-26(22)31)33-18-4-14-29-12-2-3-13-29/h5-9,17,19-20,24H,2-4,10-16,18H2,1H3. The van der Waals surface area contributed by atoms with E-state index in [1.54, 1.807) is 6.20 Å². The molecule has 0 unspecified atom stereocenters. The molecule has 0 spiro atoms. The van der Waals surface area contributed by atoms with Crippen LogP contribution < -0.4 is 4.74 Å². The van der Waals surface area contributed by atoms with E-state index in [0.717, 1.165) is 56.9 Å². The maximum absolute atomic E-state index is 12.8. The molecule has 3 aromatic rings. The SMILES string of the molecule is Cc1ccc(C(=O)N2CCC(n3ccc4cc(OCCCN5CCCC5)ccc43)CC2)cn1. The van der Waals surface area contributed by atoms with Crippen molar-refractivity contribution in [3.8, 4) is 5.75 Å². The van der Waals surface area contributed by atoms with Crippen molar-refractivity contribution in [2.45, 2.75) is 45.1 Å². The monoisotopic (exact) mass is 446 g/mol. The van der Waals surface area contributed by atoms with E-state index in [9.17, 15) is 4.79 Å². The van der Waals surface area contributed by atoms with Gasteiger partial charge in [0.1, 0.15) is 5.75 Å². The number of hydrogen-bond donors (Lipinski definition) is 0. The number of hydrogen-bond acceptors (Lipinski definition) is 4. The number of pyridine rings is 1. The van der Waals surface area contributed by atoms with Crippen LogP contribution in [-0.4, -0.2) is 64.6 Å². The number of fused-ring (bicyclic) bond motifs is 1. The molecule has 0 aliphatic carbocycles. The lowest BCUT2D eigenvalue weighted by molar-refractivity contribution is 0.0695. The Morgan fingerprint density at radius 2 is 1.88 bits per heavy atom. The number of carbonyl (C=O) groups is 1. The first-order valence-corrected chi connectivity index (χ1v) is 12.3. The van der Waals surface area contributed by atoms with E-state index in [4.69, 9.17) is 4.74 Å². The van der Waals surface area contributed by atoms with Crippen molar-refractivity contribution in [1.82, 2.24) is 19.4 Å². The molecule has 6 heteroatoms. The lowest BCUT2D eigenvalue weighted by Gasteiger charge is -2.33. The van der Waals surface area contributed by atoms with Crippen LogP contribution in [-0.2, 0) is 0 Å². The van der Waals surface area contributed by atoms with E-state index in [2.05, 4.69) is 44.9 Å². The second kappa shape index (κ2) is 9.96. The Labute approximate surface area is 196 Å². The third kappa shape index (κ3) is 5.06. The third-order valence-electron chi connectivity index (χ3n) is 7.08. The van der Waals surface area contributed by atoms with Gasteiger partial charge < -0.3 is 19.1 Å². The van der Waals surface area contributed by atoms with Gasteiger partial charge in [-0.15, -0.1) is 0 Å².